The maximum absolute atomic E-state index is 12.5. The standard InChI is InChI=1S/C20H23NO9S/c1-11(22)29-17-9-16-14(13-7-18(26-2)19(27-3)8-15(13)17)6-12(30-31(5,24)25)10-21(16)20(23)28-4/h7-9,12H,6,10H2,1-5H3. The predicted molar refractivity (Wildman–Crippen MR) is 112 cm³/mol. The zero-order valence-corrected chi connectivity index (χ0v) is 18.6. The van der Waals surface area contributed by atoms with Crippen LogP contribution < -0.4 is 19.1 Å². The summed E-state index contributed by atoms with van der Waals surface area (Å²) in [5.41, 5.74) is 1.02. The van der Waals surface area contributed by atoms with Gasteiger partial charge in [0.1, 0.15) is 5.75 Å². The Morgan fingerprint density at radius 3 is 2.13 bits per heavy atom. The summed E-state index contributed by atoms with van der Waals surface area (Å²) in [5.74, 6) is 0.481. The fourth-order valence-corrected chi connectivity index (χ4v) is 4.27. The van der Waals surface area contributed by atoms with Crippen molar-refractivity contribution in [1.29, 1.82) is 0 Å². The number of methoxy groups -OCH3 is 3. The molecule has 10 nitrogen and oxygen atoms in total. The van der Waals surface area contributed by atoms with Gasteiger partial charge in [-0.3, -0.25) is 13.9 Å². The average Bonchev–Trinajstić information content (AvgIpc) is 2.70. The van der Waals surface area contributed by atoms with E-state index >= 15 is 0 Å². The summed E-state index contributed by atoms with van der Waals surface area (Å²) in [7, 11) is 0.387. The summed E-state index contributed by atoms with van der Waals surface area (Å²) in [6.45, 7) is 1.20. The number of amides is 1. The molecule has 0 saturated carbocycles. The number of nitrogens with zero attached hydrogens (tertiary/aromatic N) is 1. The van der Waals surface area contributed by atoms with Gasteiger partial charge in [-0.1, -0.05) is 0 Å². The lowest BCUT2D eigenvalue weighted by Gasteiger charge is -2.34. The molecule has 1 unspecified atom stereocenters. The molecule has 1 aliphatic heterocycles. The molecule has 0 saturated heterocycles. The minimum absolute atomic E-state index is 0.0644. The average molecular weight is 453 g/mol. The quantitative estimate of drug-likeness (QED) is 0.382. The predicted octanol–water partition coefficient (Wildman–Crippen LogP) is 2.26. The summed E-state index contributed by atoms with van der Waals surface area (Å²) in [6, 6.07) is 4.87. The van der Waals surface area contributed by atoms with Gasteiger partial charge in [0.2, 0.25) is 0 Å². The van der Waals surface area contributed by atoms with Crippen LogP contribution in [-0.4, -0.2) is 60.7 Å². The highest BCUT2D eigenvalue weighted by molar-refractivity contribution is 7.86. The second-order valence-corrected chi connectivity index (χ2v) is 8.53. The first kappa shape index (κ1) is 22.6. The number of hydrogen-bond donors (Lipinski definition) is 0. The van der Waals surface area contributed by atoms with E-state index in [0.717, 1.165) is 6.26 Å². The molecule has 0 aliphatic carbocycles. The fraction of sp³-hybridized carbons (Fsp3) is 0.400. The molecule has 0 bridgehead atoms. The van der Waals surface area contributed by atoms with Gasteiger partial charge in [0, 0.05) is 24.8 Å². The van der Waals surface area contributed by atoms with E-state index in [1.807, 2.05) is 0 Å². The Morgan fingerprint density at radius 1 is 1.00 bits per heavy atom. The van der Waals surface area contributed by atoms with Crippen molar-refractivity contribution in [2.24, 2.45) is 0 Å². The number of rotatable bonds is 5. The van der Waals surface area contributed by atoms with Crippen molar-refractivity contribution in [3.63, 3.8) is 0 Å². The van der Waals surface area contributed by atoms with E-state index in [9.17, 15) is 18.0 Å². The van der Waals surface area contributed by atoms with E-state index in [1.54, 1.807) is 18.2 Å². The van der Waals surface area contributed by atoms with Gasteiger partial charge in [-0.05, 0) is 23.1 Å². The van der Waals surface area contributed by atoms with Crippen LogP contribution in [-0.2, 0) is 30.3 Å². The number of fused-ring (bicyclic) bond motifs is 3. The van der Waals surface area contributed by atoms with Crippen molar-refractivity contribution in [3.05, 3.63) is 23.8 Å². The van der Waals surface area contributed by atoms with Crippen LogP contribution in [0.25, 0.3) is 10.8 Å². The molecule has 2 aromatic rings. The van der Waals surface area contributed by atoms with Crippen LogP contribution in [0.5, 0.6) is 17.2 Å². The first-order valence-electron chi connectivity index (χ1n) is 9.21. The monoisotopic (exact) mass is 453 g/mol. The van der Waals surface area contributed by atoms with Gasteiger partial charge >= 0.3 is 12.1 Å². The van der Waals surface area contributed by atoms with E-state index in [4.69, 9.17) is 23.1 Å². The van der Waals surface area contributed by atoms with Crippen LogP contribution in [0.1, 0.15) is 12.5 Å². The zero-order valence-electron chi connectivity index (χ0n) is 17.8. The molecule has 2 aromatic carbocycles. The van der Waals surface area contributed by atoms with Crippen molar-refractivity contribution in [3.8, 4) is 17.2 Å². The van der Waals surface area contributed by atoms with Gasteiger partial charge in [-0.2, -0.15) is 8.42 Å². The Hall–Kier alpha value is -3.05. The second-order valence-electron chi connectivity index (χ2n) is 6.93. The van der Waals surface area contributed by atoms with Gasteiger partial charge in [0.15, 0.2) is 11.5 Å². The number of carbonyl (C=O) groups excluding carboxylic acids is 2. The summed E-state index contributed by atoms with van der Waals surface area (Å²) in [6.07, 6.45) is -0.419. The third kappa shape index (κ3) is 4.67. The van der Waals surface area contributed by atoms with Crippen LogP contribution in [0.3, 0.4) is 0 Å². The summed E-state index contributed by atoms with van der Waals surface area (Å²) < 4.78 is 49.7. The van der Waals surface area contributed by atoms with Gasteiger partial charge in [-0.25, -0.2) is 4.79 Å². The van der Waals surface area contributed by atoms with E-state index in [1.165, 1.54) is 33.2 Å². The van der Waals surface area contributed by atoms with Gasteiger partial charge < -0.3 is 18.9 Å². The molecule has 0 aromatic heterocycles. The summed E-state index contributed by atoms with van der Waals surface area (Å²) >= 11 is 0. The minimum Gasteiger partial charge on any atom is -0.493 e. The lowest BCUT2D eigenvalue weighted by Crippen LogP contribution is -2.44. The van der Waals surface area contributed by atoms with Crippen molar-refractivity contribution in [2.45, 2.75) is 19.4 Å². The lowest BCUT2D eigenvalue weighted by molar-refractivity contribution is -0.131. The molecule has 1 atom stereocenters. The molecule has 0 fully saturated rings. The van der Waals surface area contributed by atoms with Crippen LogP contribution in [0.15, 0.2) is 18.2 Å². The molecule has 168 valence electrons. The highest BCUT2D eigenvalue weighted by Gasteiger charge is 2.34. The highest BCUT2D eigenvalue weighted by Crippen LogP contribution is 2.44. The SMILES string of the molecule is COC(=O)N1CC(OS(C)(=O)=O)Cc2c1cc(OC(C)=O)c1cc(OC)c(OC)cc21. The maximum atomic E-state index is 12.5. The molecule has 1 aliphatic rings. The molecule has 3 rings (SSSR count). The molecular weight excluding hydrogens is 430 g/mol. The maximum Gasteiger partial charge on any atom is 0.414 e. The molecule has 0 radical (unpaired) electrons. The van der Waals surface area contributed by atoms with Crippen LogP contribution in [0.2, 0.25) is 0 Å². The molecule has 1 heterocycles. The summed E-state index contributed by atoms with van der Waals surface area (Å²) in [4.78, 5) is 25.4. The van der Waals surface area contributed by atoms with E-state index in [2.05, 4.69) is 0 Å². The van der Waals surface area contributed by atoms with Crippen molar-refractivity contribution in [2.75, 3.05) is 39.0 Å². The Morgan fingerprint density at radius 2 is 1.61 bits per heavy atom. The molecule has 11 heteroatoms. The lowest BCUT2D eigenvalue weighted by atomic mass is 9.93. The number of hydrogen-bond acceptors (Lipinski definition) is 9. The fourth-order valence-electron chi connectivity index (χ4n) is 3.64. The topological polar surface area (TPSA) is 118 Å². The molecule has 1 amide bonds. The highest BCUT2D eigenvalue weighted by atomic mass is 32.2. The Bertz CT molecular complexity index is 1140. The van der Waals surface area contributed by atoms with Crippen molar-refractivity contribution < 1.29 is 41.1 Å². The van der Waals surface area contributed by atoms with Crippen LogP contribution in [0.4, 0.5) is 10.5 Å². The van der Waals surface area contributed by atoms with Crippen LogP contribution in [0, 0.1) is 0 Å². The number of carbonyl (C=O) groups is 2. The Kier molecular flexibility index (Phi) is 6.27. The Labute approximate surface area is 179 Å². The number of benzene rings is 2. The molecule has 0 spiro atoms. The molecular formula is C20H23NO9S. The van der Waals surface area contributed by atoms with E-state index in [0.29, 0.717) is 33.5 Å². The zero-order chi connectivity index (χ0) is 22.9. The second kappa shape index (κ2) is 8.60. The van der Waals surface area contributed by atoms with E-state index < -0.39 is 28.3 Å². The molecule has 0 N–H and O–H groups in total. The minimum atomic E-state index is -3.78. The Balaban J connectivity index is 2.32. The van der Waals surface area contributed by atoms with Gasteiger partial charge in [0.25, 0.3) is 10.1 Å². The van der Waals surface area contributed by atoms with Crippen LogP contribution >= 0.6 is 0 Å². The first-order chi connectivity index (χ1) is 14.6. The normalized spacial score (nSPS) is 15.9. The smallest absolute Gasteiger partial charge is 0.414 e. The number of anilines is 1. The third-order valence-corrected chi connectivity index (χ3v) is 5.38. The van der Waals surface area contributed by atoms with Gasteiger partial charge in [-0.15, -0.1) is 0 Å². The number of ether oxygens (including phenoxy) is 4. The van der Waals surface area contributed by atoms with Gasteiger partial charge in [0.05, 0.1) is 45.9 Å². The number of esters is 1. The van der Waals surface area contributed by atoms with E-state index in [-0.39, 0.29) is 18.7 Å². The van der Waals surface area contributed by atoms with Crippen molar-refractivity contribution >= 4 is 38.6 Å². The largest absolute Gasteiger partial charge is 0.493 e. The summed E-state index contributed by atoms with van der Waals surface area (Å²) in [5, 5.41) is 1.11. The first-order valence-corrected chi connectivity index (χ1v) is 11.0. The van der Waals surface area contributed by atoms with Crippen molar-refractivity contribution in [1.82, 2.24) is 0 Å². The molecule has 31 heavy (non-hydrogen) atoms. The third-order valence-electron chi connectivity index (χ3n) is 4.76.